The lowest BCUT2D eigenvalue weighted by Crippen LogP contribution is -2.37. The third kappa shape index (κ3) is 3.82. The maximum atomic E-state index is 12.4. The van der Waals surface area contributed by atoms with E-state index in [9.17, 15) is 19.7 Å². The maximum Gasteiger partial charge on any atom is 0.282 e. The van der Waals surface area contributed by atoms with Crippen molar-refractivity contribution in [3.05, 3.63) is 75.8 Å². The van der Waals surface area contributed by atoms with E-state index in [1.54, 1.807) is 11.0 Å². The summed E-state index contributed by atoms with van der Waals surface area (Å²) in [6.45, 7) is 0.873. The van der Waals surface area contributed by atoms with Crippen LogP contribution in [0.1, 0.15) is 22.3 Å². The molecule has 1 heterocycles. The van der Waals surface area contributed by atoms with Gasteiger partial charge in [0.05, 0.1) is 11.0 Å². The third-order valence-corrected chi connectivity index (χ3v) is 4.11. The van der Waals surface area contributed by atoms with Crippen LogP contribution in [-0.2, 0) is 11.3 Å². The summed E-state index contributed by atoms with van der Waals surface area (Å²) in [7, 11) is 0. The lowest BCUT2D eigenvalue weighted by Gasteiger charge is -2.17. The van der Waals surface area contributed by atoms with Gasteiger partial charge in [-0.1, -0.05) is 42.5 Å². The zero-order valence-corrected chi connectivity index (χ0v) is 13.4. The number of hydrogen-bond acceptors (Lipinski definition) is 4. The molecule has 3 rings (SSSR count). The van der Waals surface area contributed by atoms with E-state index < -0.39 is 10.8 Å². The molecule has 7 heteroatoms. The fourth-order valence-corrected chi connectivity index (χ4v) is 2.91. The van der Waals surface area contributed by atoms with E-state index in [0.717, 1.165) is 5.56 Å². The number of amides is 2. The molecule has 1 fully saturated rings. The highest BCUT2D eigenvalue weighted by atomic mass is 16.6. The van der Waals surface area contributed by atoms with Crippen LogP contribution in [0.3, 0.4) is 0 Å². The van der Waals surface area contributed by atoms with Crippen molar-refractivity contribution in [3.8, 4) is 0 Å². The average Bonchev–Trinajstić information content (AvgIpc) is 2.94. The summed E-state index contributed by atoms with van der Waals surface area (Å²) in [5.41, 5.74) is 0.772. The Bertz CT molecular complexity index is 807. The highest BCUT2D eigenvalue weighted by molar-refractivity contribution is 5.98. The van der Waals surface area contributed by atoms with Gasteiger partial charge in [0.15, 0.2) is 0 Å². The van der Waals surface area contributed by atoms with Gasteiger partial charge < -0.3 is 10.2 Å². The topological polar surface area (TPSA) is 92.6 Å². The Morgan fingerprint density at radius 3 is 2.56 bits per heavy atom. The van der Waals surface area contributed by atoms with Gasteiger partial charge in [-0.2, -0.15) is 0 Å². The second kappa shape index (κ2) is 7.12. The molecule has 1 atom stereocenters. The molecule has 25 heavy (non-hydrogen) atoms. The Hall–Kier alpha value is -3.22. The summed E-state index contributed by atoms with van der Waals surface area (Å²) in [6.07, 6.45) is 0.194. The third-order valence-electron chi connectivity index (χ3n) is 4.11. The number of nitro groups is 1. The SMILES string of the molecule is O=C(N[C@@H]1CC(=O)N(Cc2ccccc2)C1)c1ccccc1[N+](=O)[O-]. The predicted octanol–water partition coefficient (Wildman–Crippen LogP) is 2.13. The van der Waals surface area contributed by atoms with Crippen molar-refractivity contribution in [1.82, 2.24) is 10.2 Å². The van der Waals surface area contributed by atoms with E-state index >= 15 is 0 Å². The van der Waals surface area contributed by atoms with Crippen LogP contribution >= 0.6 is 0 Å². The van der Waals surface area contributed by atoms with Gasteiger partial charge in [0, 0.05) is 25.6 Å². The van der Waals surface area contributed by atoms with E-state index in [1.807, 2.05) is 30.3 Å². The molecule has 1 aliphatic rings. The standard InChI is InChI=1S/C18H17N3O4/c22-17-10-14(12-20(17)11-13-6-2-1-3-7-13)19-18(23)15-8-4-5-9-16(15)21(24)25/h1-9,14H,10-12H2,(H,19,23)/t14-/m1/s1. The first kappa shape index (κ1) is 16.6. The van der Waals surface area contributed by atoms with Gasteiger partial charge in [-0.3, -0.25) is 19.7 Å². The van der Waals surface area contributed by atoms with Gasteiger partial charge in [-0.05, 0) is 11.6 Å². The zero-order chi connectivity index (χ0) is 17.8. The molecule has 2 aromatic carbocycles. The van der Waals surface area contributed by atoms with E-state index in [1.165, 1.54) is 18.2 Å². The summed E-state index contributed by atoms with van der Waals surface area (Å²) < 4.78 is 0. The maximum absolute atomic E-state index is 12.4. The highest BCUT2D eigenvalue weighted by Gasteiger charge is 2.31. The molecule has 1 saturated heterocycles. The number of nitrogens with zero attached hydrogens (tertiary/aromatic N) is 2. The van der Waals surface area contributed by atoms with Gasteiger partial charge in [-0.15, -0.1) is 0 Å². The first-order chi connectivity index (χ1) is 12.0. The monoisotopic (exact) mass is 339 g/mol. The molecule has 7 nitrogen and oxygen atoms in total. The number of nitro benzene ring substituents is 1. The van der Waals surface area contributed by atoms with Crippen LogP contribution in [0, 0.1) is 10.1 Å². The molecule has 128 valence electrons. The molecule has 0 spiro atoms. The van der Waals surface area contributed by atoms with Crippen LogP contribution in [-0.4, -0.2) is 34.2 Å². The largest absolute Gasteiger partial charge is 0.347 e. The van der Waals surface area contributed by atoms with Crippen molar-refractivity contribution >= 4 is 17.5 Å². The zero-order valence-electron chi connectivity index (χ0n) is 13.4. The Labute approximate surface area is 144 Å². The van der Waals surface area contributed by atoms with E-state index in [0.29, 0.717) is 13.1 Å². The van der Waals surface area contributed by atoms with E-state index in [2.05, 4.69) is 5.32 Å². The summed E-state index contributed by atoms with van der Waals surface area (Å²) >= 11 is 0. The fraction of sp³-hybridized carbons (Fsp3) is 0.222. The van der Waals surface area contributed by atoms with Crippen LogP contribution < -0.4 is 5.32 Å². The van der Waals surface area contributed by atoms with Gasteiger partial charge in [-0.25, -0.2) is 0 Å². The van der Waals surface area contributed by atoms with Crippen LogP contribution in [0.5, 0.6) is 0 Å². The van der Waals surface area contributed by atoms with Crippen LogP contribution in [0.25, 0.3) is 0 Å². The highest BCUT2D eigenvalue weighted by Crippen LogP contribution is 2.19. The normalized spacial score (nSPS) is 16.7. The minimum absolute atomic E-state index is 0.00135. The van der Waals surface area contributed by atoms with Crippen molar-refractivity contribution in [2.45, 2.75) is 19.0 Å². The van der Waals surface area contributed by atoms with Crippen molar-refractivity contribution < 1.29 is 14.5 Å². The van der Waals surface area contributed by atoms with Crippen molar-refractivity contribution in [3.63, 3.8) is 0 Å². The summed E-state index contributed by atoms with van der Waals surface area (Å²) in [6, 6.07) is 15.0. The molecule has 1 N–H and O–H groups in total. The second-order valence-electron chi connectivity index (χ2n) is 5.91. The number of nitrogens with one attached hydrogen (secondary N) is 1. The summed E-state index contributed by atoms with van der Waals surface area (Å²) in [5.74, 6) is -0.580. The van der Waals surface area contributed by atoms with Crippen molar-refractivity contribution in [1.29, 1.82) is 0 Å². The lowest BCUT2D eigenvalue weighted by atomic mass is 10.1. The first-order valence-corrected chi connectivity index (χ1v) is 7.90. The number of benzene rings is 2. The van der Waals surface area contributed by atoms with Crippen molar-refractivity contribution in [2.75, 3.05) is 6.54 Å². The molecule has 0 bridgehead atoms. The minimum Gasteiger partial charge on any atom is -0.347 e. The number of carbonyl (C=O) groups is 2. The van der Waals surface area contributed by atoms with Crippen molar-refractivity contribution in [2.24, 2.45) is 0 Å². The Balaban J connectivity index is 1.65. The van der Waals surface area contributed by atoms with Crippen LogP contribution in [0.4, 0.5) is 5.69 Å². The Morgan fingerprint density at radius 2 is 1.84 bits per heavy atom. The minimum atomic E-state index is -0.587. The second-order valence-corrected chi connectivity index (χ2v) is 5.91. The predicted molar refractivity (Wildman–Crippen MR) is 90.8 cm³/mol. The number of carbonyl (C=O) groups excluding carboxylic acids is 2. The molecule has 0 saturated carbocycles. The molecule has 0 radical (unpaired) electrons. The van der Waals surface area contributed by atoms with Gasteiger partial charge >= 0.3 is 0 Å². The molecule has 0 aliphatic carbocycles. The van der Waals surface area contributed by atoms with Gasteiger partial charge in [0.1, 0.15) is 5.56 Å². The molecule has 0 aromatic heterocycles. The molecular formula is C18H17N3O4. The molecule has 2 aromatic rings. The van der Waals surface area contributed by atoms with E-state index in [-0.39, 0.29) is 29.6 Å². The quantitative estimate of drug-likeness (QED) is 0.667. The first-order valence-electron chi connectivity index (χ1n) is 7.90. The Morgan fingerprint density at radius 1 is 1.16 bits per heavy atom. The number of para-hydroxylation sites is 1. The average molecular weight is 339 g/mol. The van der Waals surface area contributed by atoms with Crippen LogP contribution in [0.15, 0.2) is 54.6 Å². The molecule has 2 amide bonds. The number of likely N-dealkylation sites (tertiary alicyclic amines) is 1. The molecule has 0 unspecified atom stereocenters. The summed E-state index contributed by atoms with van der Waals surface area (Å²) in [4.78, 5) is 36.6. The van der Waals surface area contributed by atoms with Gasteiger partial charge in [0.2, 0.25) is 5.91 Å². The van der Waals surface area contributed by atoms with E-state index in [4.69, 9.17) is 0 Å². The molecule has 1 aliphatic heterocycles. The lowest BCUT2D eigenvalue weighted by molar-refractivity contribution is -0.385. The number of rotatable bonds is 5. The fourth-order valence-electron chi connectivity index (χ4n) is 2.91. The summed E-state index contributed by atoms with van der Waals surface area (Å²) in [5, 5.41) is 13.8. The van der Waals surface area contributed by atoms with Crippen LogP contribution in [0.2, 0.25) is 0 Å². The molecular weight excluding hydrogens is 322 g/mol. The smallest absolute Gasteiger partial charge is 0.282 e. The van der Waals surface area contributed by atoms with Gasteiger partial charge in [0.25, 0.3) is 11.6 Å². The Kier molecular flexibility index (Phi) is 4.74. The number of hydrogen-bond donors (Lipinski definition) is 1.